The van der Waals surface area contributed by atoms with Crippen LogP contribution in [0.4, 0.5) is 0 Å². The van der Waals surface area contributed by atoms with Gasteiger partial charge < -0.3 is 4.74 Å². The van der Waals surface area contributed by atoms with Crippen molar-refractivity contribution in [3.05, 3.63) is 35.4 Å². The second-order valence-electron chi connectivity index (χ2n) is 4.92. The molecule has 1 aromatic carbocycles. The fourth-order valence-electron chi connectivity index (χ4n) is 2.24. The summed E-state index contributed by atoms with van der Waals surface area (Å²) in [4.78, 5) is 14.1. The lowest BCUT2D eigenvalue weighted by Crippen LogP contribution is -2.39. The van der Waals surface area contributed by atoms with Crippen LogP contribution in [0, 0.1) is 6.92 Å². The van der Waals surface area contributed by atoms with Crippen molar-refractivity contribution in [3.8, 4) is 0 Å². The molecule has 3 nitrogen and oxygen atoms in total. The number of benzene rings is 1. The van der Waals surface area contributed by atoms with Gasteiger partial charge in [0, 0.05) is 19.5 Å². The molecule has 0 bridgehead atoms. The zero-order valence-corrected chi connectivity index (χ0v) is 11.0. The van der Waals surface area contributed by atoms with E-state index in [2.05, 4.69) is 36.1 Å². The van der Waals surface area contributed by atoms with Gasteiger partial charge in [0.15, 0.2) is 0 Å². The van der Waals surface area contributed by atoms with Gasteiger partial charge >= 0.3 is 0 Å². The Hall–Kier alpha value is -1.19. The van der Waals surface area contributed by atoms with E-state index < -0.39 is 0 Å². The van der Waals surface area contributed by atoms with E-state index in [1.54, 1.807) is 0 Å². The first kappa shape index (κ1) is 13.2. The van der Waals surface area contributed by atoms with Crippen LogP contribution in [0.5, 0.6) is 0 Å². The van der Waals surface area contributed by atoms with Gasteiger partial charge in [-0.2, -0.15) is 0 Å². The monoisotopic (exact) mass is 247 g/mol. The average Bonchev–Trinajstić information content (AvgIpc) is 2.38. The van der Waals surface area contributed by atoms with Gasteiger partial charge in [0.05, 0.1) is 19.8 Å². The van der Waals surface area contributed by atoms with E-state index in [4.69, 9.17) is 4.74 Å². The fraction of sp³-hybridized carbons (Fsp3) is 0.533. The van der Waals surface area contributed by atoms with E-state index in [1.807, 2.05) is 0 Å². The molecule has 1 fully saturated rings. The van der Waals surface area contributed by atoms with E-state index in [-0.39, 0.29) is 0 Å². The van der Waals surface area contributed by atoms with Crippen molar-refractivity contribution >= 4 is 5.78 Å². The van der Waals surface area contributed by atoms with Crippen LogP contribution in [0.25, 0.3) is 0 Å². The molecule has 2 rings (SSSR count). The minimum atomic E-state index is 0.332. The topological polar surface area (TPSA) is 29.5 Å². The van der Waals surface area contributed by atoms with Crippen molar-refractivity contribution < 1.29 is 9.53 Å². The van der Waals surface area contributed by atoms with Crippen molar-refractivity contribution in [1.29, 1.82) is 0 Å². The number of aryl methyl sites for hydroxylation is 2. The number of carbonyl (C=O) groups excluding carboxylic acids is 1. The molecular weight excluding hydrogens is 226 g/mol. The van der Waals surface area contributed by atoms with Crippen LogP contribution >= 0.6 is 0 Å². The number of morpholine rings is 1. The van der Waals surface area contributed by atoms with E-state index in [1.165, 1.54) is 11.1 Å². The first-order valence-corrected chi connectivity index (χ1v) is 6.61. The second kappa shape index (κ2) is 6.66. The first-order chi connectivity index (χ1) is 8.74. The van der Waals surface area contributed by atoms with Gasteiger partial charge in [0.2, 0.25) is 0 Å². The molecule has 1 saturated heterocycles. The third-order valence-corrected chi connectivity index (χ3v) is 3.28. The van der Waals surface area contributed by atoms with Crippen LogP contribution in [0.1, 0.15) is 17.5 Å². The van der Waals surface area contributed by atoms with Gasteiger partial charge in [-0.15, -0.1) is 0 Å². The summed E-state index contributed by atoms with van der Waals surface area (Å²) in [5.41, 5.74) is 2.51. The van der Waals surface area contributed by atoms with Gasteiger partial charge in [-0.1, -0.05) is 29.8 Å². The molecule has 0 radical (unpaired) electrons. The number of rotatable bonds is 5. The molecule has 1 aromatic rings. The maximum absolute atomic E-state index is 11.9. The lowest BCUT2D eigenvalue weighted by molar-refractivity contribution is -0.121. The van der Waals surface area contributed by atoms with Crippen molar-refractivity contribution in [1.82, 2.24) is 4.90 Å². The summed E-state index contributed by atoms with van der Waals surface area (Å²) in [6.45, 7) is 5.94. The number of hydrogen-bond donors (Lipinski definition) is 0. The molecule has 1 heterocycles. The minimum absolute atomic E-state index is 0.332. The number of nitrogens with zero attached hydrogens (tertiary/aromatic N) is 1. The maximum atomic E-state index is 11.9. The lowest BCUT2D eigenvalue weighted by Gasteiger charge is -2.25. The zero-order chi connectivity index (χ0) is 12.8. The minimum Gasteiger partial charge on any atom is -0.379 e. The lowest BCUT2D eigenvalue weighted by atomic mass is 10.1. The largest absolute Gasteiger partial charge is 0.379 e. The summed E-state index contributed by atoms with van der Waals surface area (Å²) in [6, 6.07) is 8.38. The van der Waals surface area contributed by atoms with Crippen LogP contribution in [-0.4, -0.2) is 43.5 Å². The Morgan fingerprint density at radius 1 is 1.33 bits per heavy atom. The number of ether oxygens (including phenoxy) is 1. The Morgan fingerprint density at radius 2 is 2.11 bits per heavy atom. The molecule has 1 aliphatic rings. The smallest absolute Gasteiger partial charge is 0.147 e. The maximum Gasteiger partial charge on any atom is 0.147 e. The fourth-order valence-corrected chi connectivity index (χ4v) is 2.24. The molecule has 0 aliphatic carbocycles. The number of carbonyl (C=O) groups is 1. The van der Waals surface area contributed by atoms with Crippen LogP contribution in [-0.2, 0) is 16.0 Å². The Bertz CT molecular complexity index is 397. The molecule has 0 atom stereocenters. The van der Waals surface area contributed by atoms with Gasteiger partial charge in [-0.25, -0.2) is 0 Å². The van der Waals surface area contributed by atoms with E-state index in [9.17, 15) is 4.79 Å². The highest BCUT2D eigenvalue weighted by Crippen LogP contribution is 2.07. The van der Waals surface area contributed by atoms with Crippen molar-refractivity contribution in [2.24, 2.45) is 0 Å². The SMILES string of the molecule is Cc1cccc(CCC(=O)CN2CCOCC2)c1. The molecule has 1 aliphatic heterocycles. The summed E-state index contributed by atoms with van der Waals surface area (Å²) >= 11 is 0. The van der Waals surface area contributed by atoms with Gasteiger partial charge in [-0.3, -0.25) is 9.69 Å². The molecule has 0 unspecified atom stereocenters. The number of ketones is 1. The predicted molar refractivity (Wildman–Crippen MR) is 71.8 cm³/mol. The third kappa shape index (κ3) is 4.24. The second-order valence-corrected chi connectivity index (χ2v) is 4.92. The first-order valence-electron chi connectivity index (χ1n) is 6.61. The van der Waals surface area contributed by atoms with Crippen LogP contribution in [0.3, 0.4) is 0 Å². The predicted octanol–water partition coefficient (Wildman–Crippen LogP) is 1.83. The van der Waals surface area contributed by atoms with Gasteiger partial charge in [0.1, 0.15) is 5.78 Å². The molecule has 0 aromatic heterocycles. The number of hydrogen-bond acceptors (Lipinski definition) is 3. The summed E-state index contributed by atoms with van der Waals surface area (Å²) in [6.07, 6.45) is 1.49. The highest BCUT2D eigenvalue weighted by Gasteiger charge is 2.13. The standard InChI is InChI=1S/C15H21NO2/c1-13-3-2-4-14(11-13)5-6-15(17)12-16-7-9-18-10-8-16/h2-4,11H,5-10,12H2,1H3. The van der Waals surface area contributed by atoms with E-state index in [0.29, 0.717) is 18.7 Å². The van der Waals surface area contributed by atoms with Gasteiger partial charge in [-0.05, 0) is 18.9 Å². The highest BCUT2D eigenvalue weighted by molar-refractivity contribution is 5.80. The Morgan fingerprint density at radius 3 is 2.83 bits per heavy atom. The molecule has 3 heteroatoms. The molecule has 18 heavy (non-hydrogen) atoms. The highest BCUT2D eigenvalue weighted by atomic mass is 16.5. The molecular formula is C15H21NO2. The summed E-state index contributed by atoms with van der Waals surface area (Å²) < 4.78 is 5.27. The third-order valence-electron chi connectivity index (χ3n) is 3.28. The van der Waals surface area contributed by atoms with E-state index in [0.717, 1.165) is 32.7 Å². The normalized spacial score (nSPS) is 16.7. The summed E-state index contributed by atoms with van der Waals surface area (Å²) in [5.74, 6) is 0.332. The number of Topliss-reactive ketones (excluding diaryl/α,β-unsaturated/α-hetero) is 1. The summed E-state index contributed by atoms with van der Waals surface area (Å²) in [7, 11) is 0. The van der Waals surface area contributed by atoms with Crippen molar-refractivity contribution in [3.63, 3.8) is 0 Å². The van der Waals surface area contributed by atoms with E-state index >= 15 is 0 Å². The Labute approximate surface area is 109 Å². The Kier molecular flexibility index (Phi) is 4.90. The van der Waals surface area contributed by atoms with Crippen LogP contribution in [0.2, 0.25) is 0 Å². The molecule has 0 amide bonds. The molecule has 0 spiro atoms. The van der Waals surface area contributed by atoms with Crippen LogP contribution < -0.4 is 0 Å². The zero-order valence-electron chi connectivity index (χ0n) is 11.0. The average molecular weight is 247 g/mol. The summed E-state index contributed by atoms with van der Waals surface area (Å²) in [5, 5.41) is 0. The quantitative estimate of drug-likeness (QED) is 0.795. The molecule has 0 saturated carbocycles. The molecule has 0 N–H and O–H groups in total. The Balaban J connectivity index is 1.74. The van der Waals surface area contributed by atoms with Gasteiger partial charge in [0.25, 0.3) is 0 Å². The van der Waals surface area contributed by atoms with Crippen molar-refractivity contribution in [2.75, 3.05) is 32.8 Å². The molecule has 98 valence electrons. The van der Waals surface area contributed by atoms with Crippen LogP contribution in [0.15, 0.2) is 24.3 Å². The van der Waals surface area contributed by atoms with Crippen molar-refractivity contribution in [2.45, 2.75) is 19.8 Å².